The van der Waals surface area contributed by atoms with Gasteiger partial charge in [0.25, 0.3) is 0 Å². The molecule has 0 saturated heterocycles. The standard InChI is InChI=1S/C24H27N3O4S/c1-3-4-10-21-22(32(31)20-13-11-17(2)12-14-20)15-19(16-28)26-23(29)25(24(30)27(21)26)18-8-6-5-7-9-18/h5-9,11-15,19,21,28H,3-4,10,16H2,1-2H3/t19-,21-,32?/m0/s1. The lowest BCUT2D eigenvalue weighted by molar-refractivity contribution is 0.210. The lowest BCUT2D eigenvalue weighted by Gasteiger charge is -2.30. The van der Waals surface area contributed by atoms with Gasteiger partial charge in [0.2, 0.25) is 0 Å². The van der Waals surface area contributed by atoms with Crippen LogP contribution in [0.15, 0.2) is 80.1 Å². The van der Waals surface area contributed by atoms with Crippen LogP contribution in [-0.2, 0) is 10.8 Å². The number of aromatic nitrogens is 3. The predicted octanol–water partition coefficient (Wildman–Crippen LogP) is 3.08. The van der Waals surface area contributed by atoms with Crippen molar-refractivity contribution in [3.05, 3.63) is 92.1 Å². The lowest BCUT2D eigenvalue weighted by atomic mass is 10.1. The maximum atomic E-state index is 13.6. The van der Waals surface area contributed by atoms with Crippen molar-refractivity contribution in [1.29, 1.82) is 0 Å². The van der Waals surface area contributed by atoms with E-state index < -0.39 is 34.3 Å². The molecule has 1 unspecified atom stereocenters. The van der Waals surface area contributed by atoms with Gasteiger partial charge >= 0.3 is 11.4 Å². The highest BCUT2D eigenvalue weighted by atomic mass is 32.2. The molecular weight excluding hydrogens is 426 g/mol. The number of nitrogens with zero attached hydrogens (tertiary/aromatic N) is 3. The number of rotatable bonds is 7. The summed E-state index contributed by atoms with van der Waals surface area (Å²) in [5, 5.41) is 10.1. The highest BCUT2D eigenvalue weighted by Gasteiger charge is 2.35. The quantitative estimate of drug-likeness (QED) is 0.596. The second-order valence-electron chi connectivity index (χ2n) is 7.98. The second kappa shape index (κ2) is 9.26. The average Bonchev–Trinajstić information content (AvgIpc) is 3.08. The highest BCUT2D eigenvalue weighted by molar-refractivity contribution is 7.89. The Balaban J connectivity index is 1.90. The first-order chi connectivity index (χ1) is 15.5. The Morgan fingerprint density at radius 2 is 1.62 bits per heavy atom. The predicted molar refractivity (Wildman–Crippen MR) is 125 cm³/mol. The highest BCUT2D eigenvalue weighted by Crippen LogP contribution is 2.34. The molecule has 3 aromatic rings. The molecule has 0 amide bonds. The van der Waals surface area contributed by atoms with Gasteiger partial charge in [0.1, 0.15) is 0 Å². The van der Waals surface area contributed by atoms with Gasteiger partial charge in [-0.1, -0.05) is 55.7 Å². The van der Waals surface area contributed by atoms with Crippen LogP contribution in [0.4, 0.5) is 0 Å². The van der Waals surface area contributed by atoms with Crippen LogP contribution in [0.5, 0.6) is 0 Å². The third-order valence-electron chi connectivity index (χ3n) is 5.78. The summed E-state index contributed by atoms with van der Waals surface area (Å²) in [6, 6.07) is 14.8. The number of aliphatic hydroxyl groups is 1. The van der Waals surface area contributed by atoms with Crippen molar-refractivity contribution in [3.63, 3.8) is 0 Å². The number of aryl methyl sites for hydroxylation is 1. The van der Waals surface area contributed by atoms with E-state index in [4.69, 9.17) is 0 Å². The maximum absolute atomic E-state index is 13.6. The van der Waals surface area contributed by atoms with Crippen LogP contribution in [0.2, 0.25) is 0 Å². The summed E-state index contributed by atoms with van der Waals surface area (Å²) in [7, 11) is -1.53. The first-order valence-electron chi connectivity index (χ1n) is 10.8. The third-order valence-corrected chi connectivity index (χ3v) is 7.32. The van der Waals surface area contributed by atoms with Gasteiger partial charge < -0.3 is 5.11 Å². The van der Waals surface area contributed by atoms with Crippen molar-refractivity contribution in [2.75, 3.05) is 6.61 Å². The summed E-state index contributed by atoms with van der Waals surface area (Å²) >= 11 is 0. The van der Waals surface area contributed by atoms with Gasteiger partial charge in [0.05, 0.1) is 35.2 Å². The van der Waals surface area contributed by atoms with Crippen LogP contribution in [0.25, 0.3) is 5.69 Å². The first-order valence-corrected chi connectivity index (χ1v) is 11.9. The molecule has 8 heteroatoms. The summed E-state index contributed by atoms with van der Waals surface area (Å²) < 4.78 is 17.4. The lowest BCUT2D eigenvalue weighted by Crippen LogP contribution is -2.39. The van der Waals surface area contributed by atoms with Crippen LogP contribution in [0.3, 0.4) is 0 Å². The molecule has 4 rings (SSSR count). The van der Waals surface area contributed by atoms with Crippen LogP contribution >= 0.6 is 0 Å². The summed E-state index contributed by atoms with van der Waals surface area (Å²) in [5.74, 6) is 0. The van der Waals surface area contributed by atoms with Crippen molar-refractivity contribution < 1.29 is 9.32 Å². The zero-order valence-corrected chi connectivity index (χ0v) is 19.0. The van der Waals surface area contributed by atoms with Crippen molar-refractivity contribution in [2.45, 2.75) is 50.1 Å². The normalized spacial score (nSPS) is 18.8. The van der Waals surface area contributed by atoms with Gasteiger partial charge in [0, 0.05) is 9.80 Å². The Morgan fingerprint density at radius 1 is 0.969 bits per heavy atom. The van der Waals surface area contributed by atoms with Gasteiger partial charge in [-0.25, -0.2) is 27.7 Å². The molecule has 1 aliphatic heterocycles. The van der Waals surface area contributed by atoms with E-state index in [1.807, 2.05) is 44.2 Å². The Kier molecular flexibility index (Phi) is 6.43. The molecule has 0 saturated carbocycles. The van der Waals surface area contributed by atoms with Crippen LogP contribution in [0.1, 0.15) is 43.8 Å². The van der Waals surface area contributed by atoms with Crippen molar-refractivity contribution in [1.82, 2.24) is 13.9 Å². The molecule has 1 N–H and O–H groups in total. The SMILES string of the molecule is CCCC[C@H]1C(S(=O)c2ccc(C)cc2)=C[C@@H](CO)n2c(=O)n(-c3ccccc3)c(=O)n21. The van der Waals surface area contributed by atoms with E-state index in [1.54, 1.807) is 30.3 Å². The van der Waals surface area contributed by atoms with Gasteiger partial charge in [-0.3, -0.25) is 0 Å². The minimum Gasteiger partial charge on any atom is -0.394 e. The van der Waals surface area contributed by atoms with Crippen molar-refractivity contribution in [3.8, 4) is 5.69 Å². The number of allylic oxidation sites excluding steroid dienone is 1. The Bertz CT molecular complexity index is 1270. The van der Waals surface area contributed by atoms with Gasteiger partial charge in [-0.2, -0.15) is 0 Å². The number of hydrogen-bond acceptors (Lipinski definition) is 4. The Labute approximate surface area is 188 Å². The number of hydrogen-bond donors (Lipinski definition) is 1. The van der Waals surface area contributed by atoms with E-state index >= 15 is 0 Å². The number of para-hydroxylation sites is 1. The number of unbranched alkanes of at least 4 members (excludes halogenated alkanes) is 1. The van der Waals surface area contributed by atoms with Gasteiger partial charge in [-0.15, -0.1) is 0 Å². The van der Waals surface area contributed by atoms with E-state index in [1.165, 1.54) is 9.36 Å². The molecule has 0 spiro atoms. The second-order valence-corrected chi connectivity index (χ2v) is 9.46. The van der Waals surface area contributed by atoms with E-state index in [0.717, 1.165) is 23.0 Å². The molecule has 3 atom stereocenters. The summed E-state index contributed by atoms with van der Waals surface area (Å²) in [6.45, 7) is 3.63. The van der Waals surface area contributed by atoms with Crippen LogP contribution in [0, 0.1) is 6.92 Å². The minimum absolute atomic E-state index is 0.382. The molecule has 0 radical (unpaired) electrons. The molecule has 2 heterocycles. The summed E-state index contributed by atoms with van der Waals surface area (Å²) in [5.41, 5.74) is 0.513. The fourth-order valence-electron chi connectivity index (χ4n) is 4.12. The average molecular weight is 454 g/mol. The van der Waals surface area contributed by atoms with E-state index in [2.05, 4.69) is 0 Å². The molecule has 0 bridgehead atoms. The van der Waals surface area contributed by atoms with Crippen LogP contribution < -0.4 is 11.4 Å². The third kappa shape index (κ3) is 3.84. The zero-order chi connectivity index (χ0) is 22.8. The van der Waals surface area contributed by atoms with Gasteiger partial charge in [0.15, 0.2) is 0 Å². The fourth-order valence-corrected chi connectivity index (χ4v) is 5.52. The van der Waals surface area contributed by atoms with Crippen molar-refractivity contribution in [2.24, 2.45) is 0 Å². The minimum atomic E-state index is -1.53. The van der Waals surface area contributed by atoms with E-state index in [-0.39, 0.29) is 6.61 Å². The Hall–Kier alpha value is -2.97. The van der Waals surface area contributed by atoms with Crippen LogP contribution in [-0.4, -0.2) is 29.9 Å². The topological polar surface area (TPSA) is 86.2 Å². The molecular formula is C24H27N3O4S. The molecule has 0 fully saturated rings. The number of fused-ring (bicyclic) bond motifs is 1. The molecule has 1 aliphatic rings. The molecule has 0 aliphatic carbocycles. The maximum Gasteiger partial charge on any atom is 0.352 e. The largest absolute Gasteiger partial charge is 0.394 e. The fraction of sp³-hybridized carbons (Fsp3) is 0.333. The van der Waals surface area contributed by atoms with E-state index in [9.17, 15) is 18.9 Å². The summed E-state index contributed by atoms with van der Waals surface area (Å²) in [6.07, 6.45) is 3.96. The molecule has 2 aromatic carbocycles. The first kappa shape index (κ1) is 22.2. The monoisotopic (exact) mass is 453 g/mol. The zero-order valence-electron chi connectivity index (χ0n) is 18.2. The summed E-state index contributed by atoms with van der Waals surface area (Å²) in [4.78, 5) is 28.0. The molecule has 32 heavy (non-hydrogen) atoms. The van der Waals surface area contributed by atoms with Crippen molar-refractivity contribution >= 4 is 10.8 Å². The molecule has 7 nitrogen and oxygen atoms in total. The smallest absolute Gasteiger partial charge is 0.352 e. The Morgan fingerprint density at radius 3 is 2.25 bits per heavy atom. The number of aliphatic hydroxyl groups excluding tert-OH is 1. The molecule has 168 valence electrons. The number of benzene rings is 2. The van der Waals surface area contributed by atoms with E-state index in [0.29, 0.717) is 21.9 Å². The molecule has 1 aromatic heterocycles. The van der Waals surface area contributed by atoms with Gasteiger partial charge in [-0.05, 0) is 43.7 Å².